The van der Waals surface area contributed by atoms with Crippen LogP contribution in [0.1, 0.15) is 5.56 Å². The Morgan fingerprint density at radius 1 is 1.17 bits per heavy atom. The summed E-state index contributed by atoms with van der Waals surface area (Å²) in [6.45, 7) is 1.09. The molecule has 0 aliphatic heterocycles. The largest absolute Gasteiger partial charge is 0.207 e. The molecule has 0 unspecified atom stereocenters. The number of hydrogen-bond donors (Lipinski definition) is 0. The molecule has 0 aliphatic rings. The molecule has 0 heterocycles. The number of anilines is 1. The smallest absolute Gasteiger partial charge is 0.157 e. The van der Waals surface area contributed by atoms with E-state index in [1.165, 1.54) is 0 Å². The lowest BCUT2D eigenvalue weighted by Gasteiger charge is -2.05. The van der Waals surface area contributed by atoms with Crippen LogP contribution in [0.25, 0.3) is 0 Å². The van der Waals surface area contributed by atoms with Gasteiger partial charge in [0, 0.05) is 5.56 Å². The van der Waals surface area contributed by atoms with Crippen LogP contribution in [-0.4, -0.2) is 0 Å². The monoisotopic (exact) mass is 179 g/mol. The van der Waals surface area contributed by atoms with Crippen molar-refractivity contribution in [2.24, 2.45) is 0 Å². The Labute approximate surface area is 66.1 Å². The normalized spacial score (nSPS) is 10.1. The summed E-state index contributed by atoms with van der Waals surface area (Å²) >= 11 is 0. The minimum Gasteiger partial charge on any atom is -0.207 e. The van der Waals surface area contributed by atoms with E-state index in [0.717, 1.165) is 13.0 Å². The van der Waals surface area contributed by atoms with E-state index in [4.69, 9.17) is 0 Å². The maximum absolute atomic E-state index is 12.8. The van der Waals surface area contributed by atoms with Crippen LogP contribution in [0, 0.1) is 18.6 Å². The van der Waals surface area contributed by atoms with Crippen LogP contribution in [0.2, 0.25) is 0 Å². The number of nitrogens with zero attached hydrogens (tertiary/aromatic N) is 1. The van der Waals surface area contributed by atoms with Gasteiger partial charge in [0.15, 0.2) is 5.82 Å². The molecule has 0 spiro atoms. The Balaban J connectivity index is 3.27. The van der Waals surface area contributed by atoms with Crippen LogP contribution >= 0.6 is 0 Å². The van der Waals surface area contributed by atoms with Gasteiger partial charge in [-0.15, -0.1) is 0 Å². The molecule has 0 bridgehead atoms. The van der Waals surface area contributed by atoms with E-state index in [9.17, 15) is 17.7 Å². The Kier molecular flexibility index (Phi) is 2.21. The van der Waals surface area contributed by atoms with Crippen LogP contribution in [0.5, 0.6) is 0 Å². The molecule has 1 aromatic rings. The molecule has 1 rings (SSSR count). The summed E-state index contributed by atoms with van der Waals surface area (Å²) < 4.78 is 48.9. The molecule has 0 saturated carbocycles. The molecule has 0 fully saturated rings. The van der Waals surface area contributed by atoms with Crippen LogP contribution in [-0.2, 0) is 0 Å². The van der Waals surface area contributed by atoms with Gasteiger partial charge >= 0.3 is 0 Å². The first-order chi connectivity index (χ1) is 5.54. The van der Waals surface area contributed by atoms with Crippen molar-refractivity contribution in [3.05, 3.63) is 29.3 Å². The van der Waals surface area contributed by atoms with Gasteiger partial charge in [-0.2, -0.15) is 0 Å². The topological polar surface area (TPSA) is 3.24 Å². The summed E-state index contributed by atoms with van der Waals surface area (Å²) in [5, 5.41) is -1.39. The zero-order valence-electron chi connectivity index (χ0n) is 6.11. The highest BCUT2D eigenvalue weighted by Crippen LogP contribution is 2.24. The predicted molar refractivity (Wildman–Crippen MR) is 35.8 cm³/mol. The summed E-state index contributed by atoms with van der Waals surface area (Å²) in [4.78, 5) is 0. The first kappa shape index (κ1) is 8.83. The Hall–Kier alpha value is -1.26. The van der Waals surface area contributed by atoms with Gasteiger partial charge in [0.05, 0.1) is 0 Å². The molecule has 1 aromatic carbocycles. The third kappa shape index (κ3) is 1.34. The molecule has 12 heavy (non-hydrogen) atoms. The molecule has 0 aliphatic carbocycles. The lowest BCUT2D eigenvalue weighted by molar-refractivity contribution is 0.230. The Morgan fingerprint density at radius 2 is 1.75 bits per heavy atom. The molecule has 0 atom stereocenters. The molecule has 5 heteroatoms. The molecule has 0 N–H and O–H groups in total. The maximum atomic E-state index is 12.8. The number of hydrogen-bond acceptors (Lipinski definition) is 1. The molecule has 66 valence electrons. The van der Waals surface area contributed by atoms with Crippen molar-refractivity contribution in [3.8, 4) is 0 Å². The second-order valence-corrected chi connectivity index (χ2v) is 2.24. The first-order valence-corrected chi connectivity index (χ1v) is 3.10. The number of rotatable bonds is 1. The molecule has 1 nitrogen and oxygen atoms in total. The highest BCUT2D eigenvalue weighted by Gasteiger charge is 2.14. The summed E-state index contributed by atoms with van der Waals surface area (Å²) in [5.41, 5.74) is -1.33. The second kappa shape index (κ2) is 3.00. The van der Waals surface area contributed by atoms with Crippen LogP contribution < -0.4 is 5.34 Å². The van der Waals surface area contributed by atoms with Crippen molar-refractivity contribution in [2.45, 2.75) is 6.92 Å². The fourth-order valence-corrected chi connectivity index (χ4v) is 0.778. The van der Waals surface area contributed by atoms with Crippen molar-refractivity contribution >= 4 is 5.69 Å². The van der Waals surface area contributed by atoms with Crippen molar-refractivity contribution in [1.82, 2.24) is 0 Å². The number of halogens is 4. The zero-order valence-corrected chi connectivity index (χ0v) is 6.11. The van der Waals surface area contributed by atoms with E-state index in [0.29, 0.717) is 6.07 Å². The standard InChI is InChI=1S/C7H5F4N/c1-4-5(8)2-3-6(7(4)9)12(10)11/h2-3H,1H3. The van der Waals surface area contributed by atoms with E-state index in [1.54, 1.807) is 0 Å². The van der Waals surface area contributed by atoms with Crippen LogP contribution in [0.4, 0.5) is 23.4 Å². The Morgan fingerprint density at radius 3 is 2.25 bits per heavy atom. The third-order valence-corrected chi connectivity index (χ3v) is 1.48. The quantitative estimate of drug-likeness (QED) is 0.473. The average molecular weight is 179 g/mol. The summed E-state index contributed by atoms with van der Waals surface area (Å²) in [6.07, 6.45) is 0. The third-order valence-electron chi connectivity index (χ3n) is 1.48. The van der Waals surface area contributed by atoms with Crippen LogP contribution in [0.3, 0.4) is 0 Å². The lowest BCUT2D eigenvalue weighted by atomic mass is 10.2. The van der Waals surface area contributed by atoms with Crippen molar-refractivity contribution < 1.29 is 17.7 Å². The predicted octanol–water partition coefficient (Wildman–Crippen LogP) is 2.85. The minimum atomic E-state index is -1.39. The first-order valence-electron chi connectivity index (χ1n) is 3.10. The fraction of sp³-hybridized carbons (Fsp3) is 0.143. The van der Waals surface area contributed by atoms with E-state index in [2.05, 4.69) is 0 Å². The molecule has 0 saturated heterocycles. The Bertz CT molecular complexity index is 298. The fourth-order valence-electron chi connectivity index (χ4n) is 0.778. The van der Waals surface area contributed by atoms with Crippen LogP contribution in [0.15, 0.2) is 12.1 Å². The van der Waals surface area contributed by atoms with Crippen molar-refractivity contribution in [3.63, 3.8) is 0 Å². The van der Waals surface area contributed by atoms with Crippen molar-refractivity contribution in [2.75, 3.05) is 5.34 Å². The average Bonchev–Trinajstić information content (AvgIpc) is 2.00. The van der Waals surface area contributed by atoms with Gasteiger partial charge in [0.2, 0.25) is 0 Å². The molecule has 0 aromatic heterocycles. The lowest BCUT2D eigenvalue weighted by Crippen LogP contribution is -2.01. The highest BCUT2D eigenvalue weighted by atomic mass is 19.4. The van der Waals surface area contributed by atoms with Gasteiger partial charge in [-0.25, -0.2) is 8.78 Å². The second-order valence-electron chi connectivity index (χ2n) is 2.24. The minimum absolute atomic E-state index is 0.409. The molecular weight excluding hydrogens is 174 g/mol. The molecular formula is C7H5F4N. The van der Waals surface area contributed by atoms with Gasteiger partial charge in [-0.1, -0.05) is 8.96 Å². The maximum Gasteiger partial charge on any atom is 0.157 e. The summed E-state index contributed by atoms with van der Waals surface area (Å²) in [6, 6.07) is 1.47. The molecule has 0 amide bonds. The van der Waals surface area contributed by atoms with E-state index < -0.39 is 28.2 Å². The number of benzene rings is 1. The highest BCUT2D eigenvalue weighted by molar-refractivity contribution is 5.46. The van der Waals surface area contributed by atoms with E-state index >= 15 is 0 Å². The zero-order chi connectivity index (χ0) is 9.30. The van der Waals surface area contributed by atoms with E-state index in [-0.39, 0.29) is 0 Å². The van der Waals surface area contributed by atoms with E-state index in [1.807, 2.05) is 0 Å². The van der Waals surface area contributed by atoms with Gasteiger partial charge in [-0.05, 0) is 24.4 Å². The summed E-state index contributed by atoms with van der Waals surface area (Å²) in [5.74, 6) is -2.07. The molecule has 0 radical (unpaired) electrons. The van der Waals surface area contributed by atoms with Crippen molar-refractivity contribution in [1.29, 1.82) is 0 Å². The SMILES string of the molecule is Cc1c(F)ccc(N(F)F)c1F. The van der Waals surface area contributed by atoms with Gasteiger partial charge in [0.1, 0.15) is 11.5 Å². The van der Waals surface area contributed by atoms with Gasteiger partial charge < -0.3 is 0 Å². The van der Waals surface area contributed by atoms with Gasteiger partial charge in [-0.3, -0.25) is 0 Å². The summed E-state index contributed by atoms with van der Waals surface area (Å²) in [7, 11) is 0. The van der Waals surface area contributed by atoms with Gasteiger partial charge in [0.25, 0.3) is 0 Å².